The lowest BCUT2D eigenvalue weighted by Gasteiger charge is -2.31. The molecule has 0 aliphatic carbocycles. The van der Waals surface area contributed by atoms with Gasteiger partial charge in [-0.2, -0.15) is 0 Å². The van der Waals surface area contributed by atoms with Gasteiger partial charge in [-0.3, -0.25) is 4.79 Å². The van der Waals surface area contributed by atoms with Gasteiger partial charge < -0.3 is 25.6 Å². The highest BCUT2D eigenvalue weighted by Crippen LogP contribution is 2.16. The Labute approximate surface area is 144 Å². The Morgan fingerprint density at radius 1 is 1.38 bits per heavy atom. The quantitative estimate of drug-likeness (QED) is 0.635. The number of primary amides is 1. The Bertz CT molecular complexity index is 413. The van der Waals surface area contributed by atoms with Crippen LogP contribution in [0.1, 0.15) is 32.6 Å². The van der Waals surface area contributed by atoms with Crippen LogP contribution in [0.2, 0.25) is 0 Å². The van der Waals surface area contributed by atoms with Gasteiger partial charge in [-0.15, -0.1) is 0 Å². The third-order valence-corrected chi connectivity index (χ3v) is 5.01. The SMILES string of the molecule is CCN(C[C@H]1CCOC1)C(=O)NCCCN1CCC[C@@H](C(N)=O)C1. The number of nitrogens with zero attached hydrogens (tertiary/aromatic N) is 2. The summed E-state index contributed by atoms with van der Waals surface area (Å²) in [6.45, 7) is 8.40. The molecule has 0 aromatic rings. The number of likely N-dealkylation sites (tertiary alicyclic amines) is 1. The number of hydrogen-bond donors (Lipinski definition) is 2. The van der Waals surface area contributed by atoms with Crippen molar-refractivity contribution >= 4 is 11.9 Å². The van der Waals surface area contributed by atoms with E-state index >= 15 is 0 Å². The first-order valence-corrected chi connectivity index (χ1v) is 9.22. The average Bonchev–Trinajstić information content (AvgIpc) is 3.09. The summed E-state index contributed by atoms with van der Waals surface area (Å²) in [6.07, 6.45) is 3.85. The van der Waals surface area contributed by atoms with Crippen LogP contribution in [0.3, 0.4) is 0 Å². The topological polar surface area (TPSA) is 87.9 Å². The van der Waals surface area contributed by atoms with E-state index in [0.29, 0.717) is 12.5 Å². The molecule has 0 aromatic heterocycles. The second-order valence-electron chi connectivity index (χ2n) is 6.90. The first kappa shape index (κ1) is 19.0. The Hall–Kier alpha value is -1.34. The lowest BCUT2D eigenvalue weighted by molar-refractivity contribution is -0.123. The van der Waals surface area contributed by atoms with E-state index in [2.05, 4.69) is 10.2 Å². The van der Waals surface area contributed by atoms with Crippen LogP contribution >= 0.6 is 0 Å². The van der Waals surface area contributed by atoms with Gasteiger partial charge in [-0.25, -0.2) is 4.79 Å². The molecule has 2 rings (SSSR count). The van der Waals surface area contributed by atoms with Crippen molar-refractivity contribution in [2.24, 2.45) is 17.6 Å². The van der Waals surface area contributed by atoms with E-state index in [9.17, 15) is 9.59 Å². The summed E-state index contributed by atoms with van der Waals surface area (Å²) in [5.74, 6) is 0.259. The molecule has 2 saturated heterocycles. The lowest BCUT2D eigenvalue weighted by atomic mass is 9.97. The van der Waals surface area contributed by atoms with E-state index in [4.69, 9.17) is 10.5 Å². The Morgan fingerprint density at radius 2 is 2.21 bits per heavy atom. The fraction of sp³-hybridized carbons (Fsp3) is 0.882. The molecule has 0 aromatic carbocycles. The molecule has 2 aliphatic heterocycles. The van der Waals surface area contributed by atoms with E-state index in [0.717, 1.165) is 71.6 Å². The van der Waals surface area contributed by atoms with Crippen molar-refractivity contribution < 1.29 is 14.3 Å². The molecule has 0 bridgehead atoms. The van der Waals surface area contributed by atoms with Gasteiger partial charge in [0.15, 0.2) is 0 Å². The second-order valence-corrected chi connectivity index (χ2v) is 6.90. The second kappa shape index (κ2) is 9.84. The van der Waals surface area contributed by atoms with Gasteiger partial charge in [-0.05, 0) is 45.7 Å². The van der Waals surface area contributed by atoms with Crippen molar-refractivity contribution in [1.82, 2.24) is 15.1 Å². The van der Waals surface area contributed by atoms with E-state index in [1.807, 2.05) is 11.8 Å². The maximum absolute atomic E-state index is 12.3. The minimum atomic E-state index is -0.192. The Kier molecular flexibility index (Phi) is 7.78. The molecule has 7 nitrogen and oxygen atoms in total. The molecule has 3 N–H and O–H groups in total. The minimum Gasteiger partial charge on any atom is -0.381 e. The summed E-state index contributed by atoms with van der Waals surface area (Å²) >= 11 is 0. The predicted molar refractivity (Wildman–Crippen MR) is 92.5 cm³/mol. The molecule has 2 aliphatic rings. The van der Waals surface area contributed by atoms with Crippen LogP contribution in [-0.4, -0.2) is 74.2 Å². The summed E-state index contributed by atoms with van der Waals surface area (Å²) < 4.78 is 5.38. The number of nitrogens with one attached hydrogen (secondary N) is 1. The highest BCUT2D eigenvalue weighted by Gasteiger charge is 2.24. The minimum absolute atomic E-state index is 0.0121. The molecule has 7 heteroatoms. The Balaban J connectivity index is 1.61. The zero-order valence-electron chi connectivity index (χ0n) is 14.8. The van der Waals surface area contributed by atoms with Gasteiger partial charge in [0.25, 0.3) is 0 Å². The van der Waals surface area contributed by atoms with Crippen LogP contribution in [0.15, 0.2) is 0 Å². The molecule has 2 heterocycles. The maximum atomic E-state index is 12.3. The number of ether oxygens (including phenoxy) is 1. The average molecular weight is 340 g/mol. The standard InChI is InChI=1S/C17H32N4O3/c1-2-21(11-14-6-10-24-13-14)17(23)19-7-4-9-20-8-3-5-15(12-20)16(18)22/h14-15H,2-13H2,1H3,(H2,18,22)(H,19,23)/t14-,15-/m1/s1. The first-order valence-electron chi connectivity index (χ1n) is 9.22. The highest BCUT2D eigenvalue weighted by molar-refractivity contribution is 5.77. The highest BCUT2D eigenvalue weighted by atomic mass is 16.5. The van der Waals surface area contributed by atoms with E-state index in [1.54, 1.807) is 0 Å². The number of piperidine rings is 1. The first-order chi connectivity index (χ1) is 11.6. The van der Waals surface area contributed by atoms with Crippen molar-refractivity contribution in [3.8, 4) is 0 Å². The summed E-state index contributed by atoms with van der Waals surface area (Å²) in [4.78, 5) is 27.7. The normalized spacial score (nSPS) is 24.7. The number of nitrogens with two attached hydrogens (primary N) is 1. The van der Waals surface area contributed by atoms with Crippen LogP contribution in [0, 0.1) is 11.8 Å². The zero-order chi connectivity index (χ0) is 17.4. The maximum Gasteiger partial charge on any atom is 0.317 e. The van der Waals surface area contributed by atoms with E-state index < -0.39 is 0 Å². The van der Waals surface area contributed by atoms with Crippen molar-refractivity contribution in [3.63, 3.8) is 0 Å². The summed E-state index contributed by atoms with van der Waals surface area (Å²) in [7, 11) is 0. The van der Waals surface area contributed by atoms with Crippen molar-refractivity contribution in [1.29, 1.82) is 0 Å². The zero-order valence-corrected chi connectivity index (χ0v) is 14.8. The predicted octanol–water partition coefficient (Wildman–Crippen LogP) is 0.642. The molecular formula is C17H32N4O3. The Morgan fingerprint density at radius 3 is 2.88 bits per heavy atom. The molecule has 0 unspecified atom stereocenters. The van der Waals surface area contributed by atoms with E-state index in [-0.39, 0.29) is 17.9 Å². The molecule has 0 radical (unpaired) electrons. The van der Waals surface area contributed by atoms with Gasteiger partial charge in [0.05, 0.1) is 12.5 Å². The molecule has 2 fully saturated rings. The van der Waals surface area contributed by atoms with Gasteiger partial charge in [0.2, 0.25) is 5.91 Å². The number of carbonyl (C=O) groups excluding carboxylic acids is 2. The number of carbonyl (C=O) groups is 2. The fourth-order valence-corrected chi connectivity index (χ4v) is 3.50. The summed E-state index contributed by atoms with van der Waals surface area (Å²) in [5.41, 5.74) is 5.40. The molecule has 0 spiro atoms. The number of hydrogen-bond acceptors (Lipinski definition) is 4. The van der Waals surface area contributed by atoms with Gasteiger partial charge in [0, 0.05) is 38.7 Å². The largest absolute Gasteiger partial charge is 0.381 e. The number of rotatable bonds is 8. The van der Waals surface area contributed by atoms with Crippen LogP contribution in [0.25, 0.3) is 0 Å². The van der Waals surface area contributed by atoms with E-state index in [1.165, 1.54) is 0 Å². The molecule has 3 amide bonds. The summed E-state index contributed by atoms with van der Waals surface area (Å²) in [5, 5.41) is 3.01. The molecule has 24 heavy (non-hydrogen) atoms. The van der Waals surface area contributed by atoms with Crippen molar-refractivity contribution in [3.05, 3.63) is 0 Å². The lowest BCUT2D eigenvalue weighted by Crippen LogP contribution is -2.44. The molecule has 138 valence electrons. The monoisotopic (exact) mass is 340 g/mol. The van der Waals surface area contributed by atoms with Gasteiger partial charge >= 0.3 is 6.03 Å². The third-order valence-electron chi connectivity index (χ3n) is 5.01. The van der Waals surface area contributed by atoms with Crippen molar-refractivity contribution in [2.75, 3.05) is 52.5 Å². The summed E-state index contributed by atoms with van der Waals surface area (Å²) in [6, 6.07) is 0.0121. The number of urea groups is 1. The van der Waals surface area contributed by atoms with Crippen molar-refractivity contribution in [2.45, 2.75) is 32.6 Å². The molecular weight excluding hydrogens is 308 g/mol. The van der Waals surface area contributed by atoms with Crippen LogP contribution < -0.4 is 11.1 Å². The molecule has 0 saturated carbocycles. The third kappa shape index (κ3) is 5.94. The fourth-order valence-electron chi connectivity index (χ4n) is 3.50. The van der Waals surface area contributed by atoms with Crippen LogP contribution in [0.4, 0.5) is 4.79 Å². The van der Waals surface area contributed by atoms with Crippen LogP contribution in [0.5, 0.6) is 0 Å². The smallest absolute Gasteiger partial charge is 0.317 e. The number of amides is 3. The van der Waals surface area contributed by atoms with Gasteiger partial charge in [0.1, 0.15) is 0 Å². The van der Waals surface area contributed by atoms with Crippen LogP contribution in [-0.2, 0) is 9.53 Å². The molecule has 2 atom stereocenters. The van der Waals surface area contributed by atoms with Gasteiger partial charge in [-0.1, -0.05) is 0 Å².